The van der Waals surface area contributed by atoms with E-state index < -0.39 is 0 Å². The minimum absolute atomic E-state index is 0.170. The Balaban J connectivity index is 1.98. The molecule has 2 aromatic rings. The lowest BCUT2D eigenvalue weighted by molar-refractivity contribution is 0.618. The number of halogens is 1. The van der Waals surface area contributed by atoms with Crippen LogP contribution in [0.15, 0.2) is 42.5 Å². The zero-order chi connectivity index (χ0) is 13.7. The normalized spacial score (nSPS) is 10.7. The molecule has 1 nitrogen and oxygen atoms in total. The van der Waals surface area contributed by atoms with Crippen molar-refractivity contribution in [3.05, 3.63) is 70.5 Å². The summed E-state index contributed by atoms with van der Waals surface area (Å²) in [5, 5.41) is 3.39. The van der Waals surface area contributed by atoms with Crippen LogP contribution in [0.4, 0.5) is 4.39 Å². The first-order valence-electron chi connectivity index (χ1n) is 6.73. The number of rotatable bonds is 5. The molecule has 100 valence electrons. The van der Waals surface area contributed by atoms with Crippen molar-refractivity contribution in [1.82, 2.24) is 5.32 Å². The van der Waals surface area contributed by atoms with E-state index in [9.17, 15) is 4.39 Å². The van der Waals surface area contributed by atoms with Crippen molar-refractivity contribution in [2.75, 3.05) is 0 Å². The van der Waals surface area contributed by atoms with E-state index in [0.29, 0.717) is 6.54 Å². The van der Waals surface area contributed by atoms with E-state index in [1.807, 2.05) is 13.0 Å². The average Bonchev–Trinajstić information content (AvgIpc) is 2.43. The second-order valence-corrected chi connectivity index (χ2v) is 4.80. The number of hydrogen-bond acceptors (Lipinski definition) is 1. The van der Waals surface area contributed by atoms with Crippen molar-refractivity contribution in [3.8, 4) is 0 Å². The maximum Gasteiger partial charge on any atom is 0.123 e. The third-order valence-corrected chi connectivity index (χ3v) is 3.44. The topological polar surface area (TPSA) is 12.0 Å². The van der Waals surface area contributed by atoms with Gasteiger partial charge in [0.15, 0.2) is 0 Å². The van der Waals surface area contributed by atoms with E-state index in [2.05, 4.69) is 36.5 Å². The Morgan fingerprint density at radius 1 is 0.947 bits per heavy atom. The van der Waals surface area contributed by atoms with Crippen molar-refractivity contribution < 1.29 is 4.39 Å². The van der Waals surface area contributed by atoms with Gasteiger partial charge in [0.1, 0.15) is 5.82 Å². The highest BCUT2D eigenvalue weighted by Gasteiger charge is 2.02. The van der Waals surface area contributed by atoms with Crippen LogP contribution in [0.3, 0.4) is 0 Å². The first-order chi connectivity index (χ1) is 9.20. The lowest BCUT2D eigenvalue weighted by Crippen LogP contribution is -2.14. The SMILES string of the molecule is CCc1ccccc1CNCc1cc(F)ccc1C. The predicted octanol–water partition coefficient (Wildman–Crippen LogP) is 3.99. The number of aryl methyl sites for hydroxylation is 2. The quantitative estimate of drug-likeness (QED) is 0.854. The molecule has 0 saturated carbocycles. The van der Waals surface area contributed by atoms with E-state index >= 15 is 0 Å². The van der Waals surface area contributed by atoms with Crippen molar-refractivity contribution in [2.24, 2.45) is 0 Å². The van der Waals surface area contributed by atoms with E-state index in [1.54, 1.807) is 6.07 Å². The fourth-order valence-electron chi connectivity index (χ4n) is 2.24. The zero-order valence-electron chi connectivity index (χ0n) is 11.5. The molecule has 0 aliphatic rings. The van der Waals surface area contributed by atoms with Gasteiger partial charge >= 0.3 is 0 Å². The Bertz CT molecular complexity index is 549. The predicted molar refractivity (Wildman–Crippen MR) is 77.5 cm³/mol. The van der Waals surface area contributed by atoms with Crippen LogP contribution in [-0.4, -0.2) is 0 Å². The summed E-state index contributed by atoms with van der Waals surface area (Å²) in [7, 11) is 0. The Labute approximate surface area is 114 Å². The average molecular weight is 257 g/mol. The third kappa shape index (κ3) is 3.65. The molecule has 0 saturated heterocycles. The summed E-state index contributed by atoms with van der Waals surface area (Å²) in [6.07, 6.45) is 1.04. The maximum absolute atomic E-state index is 13.2. The summed E-state index contributed by atoms with van der Waals surface area (Å²) in [4.78, 5) is 0. The van der Waals surface area contributed by atoms with Crippen molar-refractivity contribution in [1.29, 1.82) is 0 Å². The zero-order valence-corrected chi connectivity index (χ0v) is 11.5. The van der Waals surface area contributed by atoms with Crippen molar-refractivity contribution >= 4 is 0 Å². The molecular weight excluding hydrogens is 237 g/mol. The minimum atomic E-state index is -0.170. The van der Waals surface area contributed by atoms with Crippen molar-refractivity contribution in [2.45, 2.75) is 33.4 Å². The second-order valence-electron chi connectivity index (χ2n) is 4.80. The minimum Gasteiger partial charge on any atom is -0.309 e. The fraction of sp³-hybridized carbons (Fsp3) is 0.294. The van der Waals surface area contributed by atoms with Gasteiger partial charge in [-0.15, -0.1) is 0 Å². The highest BCUT2D eigenvalue weighted by Crippen LogP contribution is 2.12. The van der Waals surface area contributed by atoms with Crippen LogP contribution in [0, 0.1) is 12.7 Å². The molecule has 0 atom stereocenters. The molecule has 0 radical (unpaired) electrons. The summed E-state index contributed by atoms with van der Waals surface area (Å²) in [5.74, 6) is -0.170. The summed E-state index contributed by atoms with van der Waals surface area (Å²) >= 11 is 0. The van der Waals surface area contributed by atoms with Gasteiger partial charge in [0.2, 0.25) is 0 Å². The van der Waals surface area contributed by atoms with Crippen LogP contribution in [0.1, 0.15) is 29.2 Å². The summed E-state index contributed by atoms with van der Waals surface area (Å²) in [6.45, 7) is 5.69. The molecular formula is C17H20FN. The first kappa shape index (κ1) is 13.8. The Morgan fingerprint density at radius 3 is 2.37 bits per heavy atom. The molecule has 0 aliphatic carbocycles. The Kier molecular flexibility index (Phi) is 4.69. The molecule has 0 bridgehead atoms. The van der Waals surface area contributed by atoms with Crippen molar-refractivity contribution in [3.63, 3.8) is 0 Å². The Hall–Kier alpha value is -1.67. The van der Waals surface area contributed by atoms with Gasteiger partial charge in [-0.25, -0.2) is 4.39 Å². The fourth-order valence-corrected chi connectivity index (χ4v) is 2.24. The molecule has 0 heterocycles. The molecule has 0 aliphatic heterocycles. The van der Waals surface area contributed by atoms with Gasteiger partial charge in [-0.3, -0.25) is 0 Å². The van der Waals surface area contributed by atoms with Gasteiger partial charge in [-0.05, 0) is 47.7 Å². The van der Waals surface area contributed by atoms with Gasteiger partial charge in [0.25, 0.3) is 0 Å². The lowest BCUT2D eigenvalue weighted by Gasteiger charge is -2.10. The van der Waals surface area contributed by atoms with Crippen LogP contribution in [-0.2, 0) is 19.5 Å². The van der Waals surface area contributed by atoms with Crippen LogP contribution >= 0.6 is 0 Å². The molecule has 19 heavy (non-hydrogen) atoms. The molecule has 2 rings (SSSR count). The molecule has 2 heteroatoms. The van der Waals surface area contributed by atoms with Gasteiger partial charge in [-0.2, -0.15) is 0 Å². The lowest BCUT2D eigenvalue weighted by atomic mass is 10.0. The molecule has 0 fully saturated rings. The molecule has 0 amide bonds. The van der Waals surface area contributed by atoms with Crippen LogP contribution in [0.5, 0.6) is 0 Å². The summed E-state index contributed by atoms with van der Waals surface area (Å²) in [5.41, 5.74) is 4.83. The number of hydrogen-bond donors (Lipinski definition) is 1. The molecule has 1 N–H and O–H groups in total. The molecule has 2 aromatic carbocycles. The standard InChI is InChI=1S/C17H20FN/c1-3-14-6-4-5-7-15(14)11-19-12-16-10-17(18)9-8-13(16)2/h4-10,19H,3,11-12H2,1-2H3. The number of nitrogens with one attached hydrogen (secondary N) is 1. The van der Waals surface area contributed by atoms with Crippen LogP contribution < -0.4 is 5.32 Å². The molecule has 0 spiro atoms. The van der Waals surface area contributed by atoms with E-state index in [-0.39, 0.29) is 5.82 Å². The van der Waals surface area contributed by atoms with Gasteiger partial charge < -0.3 is 5.32 Å². The van der Waals surface area contributed by atoms with Gasteiger partial charge in [0, 0.05) is 13.1 Å². The molecule has 0 aromatic heterocycles. The van der Waals surface area contributed by atoms with Crippen LogP contribution in [0.25, 0.3) is 0 Å². The van der Waals surface area contributed by atoms with E-state index in [1.165, 1.54) is 17.2 Å². The van der Waals surface area contributed by atoms with E-state index in [0.717, 1.165) is 24.1 Å². The van der Waals surface area contributed by atoms with E-state index in [4.69, 9.17) is 0 Å². The van der Waals surface area contributed by atoms with Gasteiger partial charge in [-0.1, -0.05) is 37.3 Å². The highest BCUT2D eigenvalue weighted by atomic mass is 19.1. The first-order valence-corrected chi connectivity index (χ1v) is 6.73. The smallest absolute Gasteiger partial charge is 0.123 e. The second kappa shape index (κ2) is 6.48. The third-order valence-electron chi connectivity index (χ3n) is 3.44. The largest absolute Gasteiger partial charge is 0.309 e. The molecule has 0 unspecified atom stereocenters. The monoisotopic (exact) mass is 257 g/mol. The Morgan fingerprint density at radius 2 is 1.63 bits per heavy atom. The van der Waals surface area contributed by atoms with Gasteiger partial charge in [0.05, 0.1) is 0 Å². The maximum atomic E-state index is 13.2. The highest BCUT2D eigenvalue weighted by molar-refractivity contribution is 5.28. The van der Waals surface area contributed by atoms with Crippen LogP contribution in [0.2, 0.25) is 0 Å². The summed E-state index contributed by atoms with van der Waals surface area (Å²) < 4.78 is 13.2. The summed E-state index contributed by atoms with van der Waals surface area (Å²) in [6, 6.07) is 13.4. The number of benzene rings is 2.